The summed E-state index contributed by atoms with van der Waals surface area (Å²) in [7, 11) is 2.04. The summed E-state index contributed by atoms with van der Waals surface area (Å²) < 4.78 is 5.63. The van der Waals surface area contributed by atoms with E-state index in [-0.39, 0.29) is 0 Å². The molecule has 2 aromatic heterocycles. The lowest BCUT2D eigenvalue weighted by atomic mass is 10.2. The summed E-state index contributed by atoms with van der Waals surface area (Å²) in [6, 6.07) is 8.75. The highest BCUT2D eigenvalue weighted by atomic mass is 16.3. The summed E-state index contributed by atoms with van der Waals surface area (Å²) in [5, 5.41) is 3.44. The molecule has 2 rings (SSSR count). The smallest absolute Gasteiger partial charge is 0.129 e. The Bertz CT molecular complexity index is 589. The van der Waals surface area contributed by atoms with E-state index in [4.69, 9.17) is 4.42 Å². The molecule has 0 bridgehead atoms. The molecule has 1 N–H and O–H groups in total. The van der Waals surface area contributed by atoms with Gasteiger partial charge in [0.1, 0.15) is 17.3 Å². The molecule has 2 aromatic rings. The lowest BCUT2D eigenvalue weighted by molar-refractivity contribution is 0.481. The fraction of sp³-hybridized carbons (Fsp3) is 0.471. The molecule has 4 heteroatoms. The fourth-order valence-corrected chi connectivity index (χ4v) is 2.23. The Labute approximate surface area is 127 Å². The maximum atomic E-state index is 5.63. The van der Waals surface area contributed by atoms with Crippen molar-refractivity contribution in [3.05, 3.63) is 47.0 Å². The highest BCUT2D eigenvalue weighted by Crippen LogP contribution is 2.17. The van der Waals surface area contributed by atoms with Gasteiger partial charge in [-0.1, -0.05) is 13.8 Å². The van der Waals surface area contributed by atoms with Gasteiger partial charge in [-0.15, -0.1) is 0 Å². The van der Waals surface area contributed by atoms with Crippen LogP contribution in [0.3, 0.4) is 0 Å². The van der Waals surface area contributed by atoms with E-state index in [2.05, 4.69) is 41.2 Å². The molecule has 114 valence electrons. The van der Waals surface area contributed by atoms with Crippen molar-refractivity contribution in [2.75, 3.05) is 11.9 Å². The minimum atomic E-state index is 0.478. The average Bonchev–Trinajstić information content (AvgIpc) is 2.81. The normalized spacial score (nSPS) is 11.1. The highest BCUT2D eigenvalue weighted by Gasteiger charge is 2.09. The molecule has 0 radical (unpaired) electrons. The van der Waals surface area contributed by atoms with Gasteiger partial charge in [-0.2, -0.15) is 0 Å². The Kier molecular flexibility index (Phi) is 5.02. The molecule has 0 aromatic carbocycles. The molecule has 0 saturated heterocycles. The van der Waals surface area contributed by atoms with Gasteiger partial charge in [0.25, 0.3) is 0 Å². The number of hydrogen-bond acceptors (Lipinski definition) is 4. The highest BCUT2D eigenvalue weighted by molar-refractivity contribution is 5.42. The predicted molar refractivity (Wildman–Crippen MR) is 86.5 cm³/mol. The summed E-state index contributed by atoms with van der Waals surface area (Å²) >= 11 is 0. The Morgan fingerprint density at radius 2 is 2.00 bits per heavy atom. The third-order valence-electron chi connectivity index (χ3n) is 3.29. The zero-order valence-electron chi connectivity index (χ0n) is 13.6. The number of anilines is 1. The number of rotatable bonds is 6. The summed E-state index contributed by atoms with van der Waals surface area (Å²) in [5.41, 5.74) is 2.30. The minimum Gasteiger partial charge on any atom is -0.464 e. The van der Waals surface area contributed by atoms with Crippen LogP contribution in [0.15, 0.2) is 28.7 Å². The molecule has 0 fully saturated rings. The molecule has 0 aliphatic rings. The summed E-state index contributed by atoms with van der Waals surface area (Å²) in [5.74, 6) is 2.88. The van der Waals surface area contributed by atoms with E-state index in [1.165, 1.54) is 5.56 Å². The lowest BCUT2D eigenvalue weighted by Gasteiger charge is -2.19. The van der Waals surface area contributed by atoms with Crippen LogP contribution in [0.4, 0.5) is 5.82 Å². The number of hydrogen-bond donors (Lipinski definition) is 1. The lowest BCUT2D eigenvalue weighted by Crippen LogP contribution is -2.23. The van der Waals surface area contributed by atoms with E-state index >= 15 is 0 Å². The first-order chi connectivity index (χ1) is 9.94. The van der Waals surface area contributed by atoms with Gasteiger partial charge in [-0.05, 0) is 43.7 Å². The maximum absolute atomic E-state index is 5.63. The first kappa shape index (κ1) is 15.6. The van der Waals surface area contributed by atoms with Crippen molar-refractivity contribution in [1.82, 2.24) is 10.3 Å². The molecule has 0 atom stereocenters. The molecule has 4 nitrogen and oxygen atoms in total. The van der Waals surface area contributed by atoms with E-state index < -0.39 is 0 Å². The molecule has 0 saturated carbocycles. The van der Waals surface area contributed by atoms with E-state index in [0.29, 0.717) is 6.04 Å². The molecular weight excluding hydrogens is 262 g/mol. The van der Waals surface area contributed by atoms with Crippen LogP contribution in [0.5, 0.6) is 0 Å². The predicted octanol–water partition coefficient (Wildman–Crippen LogP) is 3.43. The Balaban J connectivity index is 2.10. The maximum Gasteiger partial charge on any atom is 0.129 e. The SMILES string of the molecule is Cc1cc(CNC(C)C)cc(N(C)Cc2ccc(C)o2)n1. The molecule has 0 aliphatic carbocycles. The number of nitrogens with one attached hydrogen (secondary N) is 1. The van der Waals surface area contributed by atoms with Crippen LogP contribution in [0.25, 0.3) is 0 Å². The van der Waals surface area contributed by atoms with Crippen molar-refractivity contribution in [3.63, 3.8) is 0 Å². The van der Waals surface area contributed by atoms with Crippen molar-refractivity contribution in [1.29, 1.82) is 0 Å². The van der Waals surface area contributed by atoms with E-state index in [0.717, 1.165) is 36.1 Å². The van der Waals surface area contributed by atoms with E-state index in [1.54, 1.807) is 0 Å². The van der Waals surface area contributed by atoms with Crippen LogP contribution >= 0.6 is 0 Å². The monoisotopic (exact) mass is 287 g/mol. The summed E-state index contributed by atoms with van der Waals surface area (Å²) in [6.07, 6.45) is 0. The molecule has 0 unspecified atom stereocenters. The first-order valence-electron chi connectivity index (χ1n) is 7.41. The van der Waals surface area contributed by atoms with Crippen LogP contribution in [0, 0.1) is 13.8 Å². The fourth-order valence-electron chi connectivity index (χ4n) is 2.23. The number of pyridine rings is 1. The Hall–Kier alpha value is -1.81. The van der Waals surface area contributed by atoms with E-state index in [9.17, 15) is 0 Å². The quantitative estimate of drug-likeness (QED) is 0.884. The zero-order valence-corrected chi connectivity index (χ0v) is 13.6. The van der Waals surface area contributed by atoms with Crippen molar-refractivity contribution in [2.45, 2.75) is 46.8 Å². The van der Waals surface area contributed by atoms with Crippen LogP contribution in [-0.2, 0) is 13.1 Å². The second-order valence-electron chi connectivity index (χ2n) is 5.88. The summed E-state index contributed by atoms with van der Waals surface area (Å²) in [4.78, 5) is 6.74. The van der Waals surface area contributed by atoms with Gasteiger partial charge in [-0.3, -0.25) is 0 Å². The Morgan fingerprint density at radius 3 is 2.62 bits per heavy atom. The number of nitrogens with zero attached hydrogens (tertiary/aromatic N) is 2. The van der Waals surface area contributed by atoms with Gasteiger partial charge in [0.2, 0.25) is 0 Å². The first-order valence-corrected chi connectivity index (χ1v) is 7.41. The standard InChI is InChI=1S/C17H25N3O/c1-12(2)18-10-15-8-13(3)19-17(9-15)20(5)11-16-7-6-14(4)21-16/h6-9,12,18H,10-11H2,1-5H3. The molecule has 0 spiro atoms. The van der Waals surface area contributed by atoms with Crippen molar-refractivity contribution >= 4 is 5.82 Å². The molecule has 0 aliphatic heterocycles. The minimum absolute atomic E-state index is 0.478. The Morgan fingerprint density at radius 1 is 1.24 bits per heavy atom. The van der Waals surface area contributed by atoms with Crippen LogP contribution in [-0.4, -0.2) is 18.1 Å². The molecule has 0 amide bonds. The van der Waals surface area contributed by atoms with Gasteiger partial charge in [-0.25, -0.2) is 4.98 Å². The second kappa shape index (κ2) is 6.76. The van der Waals surface area contributed by atoms with Gasteiger partial charge in [0.15, 0.2) is 0 Å². The van der Waals surface area contributed by atoms with Crippen molar-refractivity contribution < 1.29 is 4.42 Å². The van der Waals surface area contributed by atoms with Gasteiger partial charge in [0.05, 0.1) is 6.54 Å². The van der Waals surface area contributed by atoms with Gasteiger partial charge >= 0.3 is 0 Å². The zero-order chi connectivity index (χ0) is 15.4. The van der Waals surface area contributed by atoms with Crippen LogP contribution in [0.2, 0.25) is 0 Å². The van der Waals surface area contributed by atoms with Crippen molar-refractivity contribution in [2.24, 2.45) is 0 Å². The van der Waals surface area contributed by atoms with Gasteiger partial charge in [0, 0.05) is 25.3 Å². The number of aryl methyl sites for hydroxylation is 2. The topological polar surface area (TPSA) is 41.3 Å². The molecule has 21 heavy (non-hydrogen) atoms. The van der Waals surface area contributed by atoms with Crippen LogP contribution in [0.1, 0.15) is 36.6 Å². The van der Waals surface area contributed by atoms with E-state index in [1.807, 2.05) is 33.0 Å². The van der Waals surface area contributed by atoms with Crippen molar-refractivity contribution in [3.8, 4) is 0 Å². The number of aromatic nitrogens is 1. The average molecular weight is 287 g/mol. The molecular formula is C17H25N3O. The van der Waals surface area contributed by atoms with Gasteiger partial charge < -0.3 is 14.6 Å². The van der Waals surface area contributed by atoms with Crippen LogP contribution < -0.4 is 10.2 Å². The molecule has 2 heterocycles. The third-order valence-corrected chi connectivity index (χ3v) is 3.29. The third kappa shape index (κ3) is 4.60. The largest absolute Gasteiger partial charge is 0.464 e. The summed E-state index contributed by atoms with van der Waals surface area (Å²) in [6.45, 7) is 9.89. The second-order valence-corrected chi connectivity index (χ2v) is 5.88. The number of furan rings is 1.